The quantitative estimate of drug-likeness (QED) is 0.595. The summed E-state index contributed by atoms with van der Waals surface area (Å²) in [7, 11) is 0. The second-order valence-corrected chi connectivity index (χ2v) is 8.23. The summed E-state index contributed by atoms with van der Waals surface area (Å²) in [5, 5.41) is 1.88. The van der Waals surface area contributed by atoms with Crippen molar-refractivity contribution < 1.29 is 19.1 Å². The predicted octanol–water partition coefficient (Wildman–Crippen LogP) is 4.23. The van der Waals surface area contributed by atoms with Gasteiger partial charge in [-0.3, -0.25) is 14.7 Å². The summed E-state index contributed by atoms with van der Waals surface area (Å²) >= 11 is 0. The molecule has 0 aliphatic carbocycles. The van der Waals surface area contributed by atoms with Crippen LogP contribution in [0.4, 0.5) is 4.79 Å². The van der Waals surface area contributed by atoms with E-state index in [4.69, 9.17) is 9.47 Å². The van der Waals surface area contributed by atoms with E-state index in [9.17, 15) is 9.59 Å². The van der Waals surface area contributed by atoms with Gasteiger partial charge in [0.05, 0.1) is 25.3 Å². The van der Waals surface area contributed by atoms with Crippen molar-refractivity contribution >= 4 is 22.6 Å². The Bertz CT molecular complexity index is 1080. The fourth-order valence-electron chi connectivity index (χ4n) is 4.77. The van der Waals surface area contributed by atoms with Crippen molar-refractivity contribution in [3.63, 3.8) is 0 Å². The Morgan fingerprint density at radius 3 is 2.55 bits per heavy atom. The molecule has 3 heterocycles. The first kappa shape index (κ1) is 19.7. The molecule has 3 aromatic rings. The Morgan fingerprint density at radius 1 is 1.00 bits per heavy atom. The fraction of sp³-hybridized carbons (Fsp3) is 0.320. The van der Waals surface area contributed by atoms with Crippen molar-refractivity contribution in [2.24, 2.45) is 5.92 Å². The molecule has 0 radical (unpaired) electrons. The number of ether oxygens (including phenoxy) is 2. The molecule has 2 fully saturated rings. The highest BCUT2D eigenvalue weighted by Crippen LogP contribution is 2.35. The Hall–Kier alpha value is -3.25. The van der Waals surface area contributed by atoms with Gasteiger partial charge >= 0.3 is 6.09 Å². The van der Waals surface area contributed by atoms with Crippen LogP contribution in [0.15, 0.2) is 67.0 Å². The van der Waals surface area contributed by atoms with Gasteiger partial charge < -0.3 is 9.47 Å². The van der Waals surface area contributed by atoms with Gasteiger partial charge in [0.2, 0.25) is 0 Å². The van der Waals surface area contributed by atoms with Gasteiger partial charge in [-0.05, 0) is 29.9 Å². The molecule has 6 nitrogen and oxygen atoms in total. The Kier molecular flexibility index (Phi) is 5.38. The molecule has 2 unspecified atom stereocenters. The third kappa shape index (κ3) is 3.91. The van der Waals surface area contributed by atoms with Crippen molar-refractivity contribution in [2.45, 2.75) is 31.5 Å². The van der Waals surface area contributed by atoms with Gasteiger partial charge in [0.25, 0.3) is 0 Å². The zero-order valence-electron chi connectivity index (χ0n) is 17.1. The van der Waals surface area contributed by atoms with Crippen LogP contribution in [0, 0.1) is 5.92 Å². The van der Waals surface area contributed by atoms with Crippen LogP contribution in [-0.4, -0.2) is 47.1 Å². The molecule has 1 aromatic heterocycles. The number of morpholine rings is 1. The second kappa shape index (κ2) is 8.47. The van der Waals surface area contributed by atoms with Gasteiger partial charge in [0, 0.05) is 29.3 Å². The molecular weight excluding hydrogens is 392 g/mol. The summed E-state index contributed by atoms with van der Waals surface area (Å²) in [5.41, 5.74) is 1.65. The van der Waals surface area contributed by atoms with Crippen molar-refractivity contribution in [1.82, 2.24) is 9.88 Å². The minimum absolute atomic E-state index is 0.118. The van der Waals surface area contributed by atoms with E-state index in [2.05, 4.69) is 4.98 Å². The third-order valence-corrected chi connectivity index (χ3v) is 6.26. The number of nitrogens with zero attached hydrogens (tertiary/aromatic N) is 2. The number of hydrogen-bond acceptors (Lipinski definition) is 5. The first-order valence-electron chi connectivity index (χ1n) is 10.6. The van der Waals surface area contributed by atoms with E-state index >= 15 is 0 Å². The lowest BCUT2D eigenvalue weighted by atomic mass is 9.80. The minimum atomic E-state index is -0.331. The first-order chi connectivity index (χ1) is 15.2. The minimum Gasteiger partial charge on any atom is -0.445 e. The standard InChI is InChI=1S/C25H24N2O4/c28-24(22-8-4-7-18-9-10-26-13-23(18)22)19-11-20-15-30-16-21(12-19)27(20)25(29)31-14-17-5-2-1-3-6-17/h1-10,13,19-21H,11-12,14-16H2. The maximum absolute atomic E-state index is 13.4. The monoisotopic (exact) mass is 416 g/mol. The highest BCUT2D eigenvalue weighted by Gasteiger charge is 2.44. The number of piperidine rings is 1. The van der Waals surface area contributed by atoms with Crippen LogP contribution >= 0.6 is 0 Å². The lowest BCUT2D eigenvalue weighted by molar-refractivity contribution is -0.0755. The zero-order chi connectivity index (χ0) is 21.2. The molecule has 2 saturated heterocycles. The van der Waals surface area contributed by atoms with Gasteiger partial charge in [0.15, 0.2) is 5.78 Å². The van der Waals surface area contributed by atoms with Crippen LogP contribution < -0.4 is 0 Å². The molecule has 2 aliphatic rings. The molecule has 1 amide bonds. The number of carbonyl (C=O) groups is 2. The Labute approximate surface area is 180 Å². The summed E-state index contributed by atoms with van der Waals surface area (Å²) in [6.07, 6.45) is 4.31. The van der Waals surface area contributed by atoms with Gasteiger partial charge in [-0.2, -0.15) is 0 Å². The Morgan fingerprint density at radius 2 is 1.77 bits per heavy atom. The molecule has 158 valence electrons. The van der Waals surface area contributed by atoms with Crippen molar-refractivity contribution in [3.8, 4) is 0 Å². The maximum Gasteiger partial charge on any atom is 0.410 e. The zero-order valence-corrected chi connectivity index (χ0v) is 17.1. The van der Waals surface area contributed by atoms with Crippen LogP contribution in [-0.2, 0) is 16.1 Å². The molecule has 6 heteroatoms. The molecule has 2 bridgehead atoms. The average molecular weight is 416 g/mol. The second-order valence-electron chi connectivity index (χ2n) is 8.23. The summed E-state index contributed by atoms with van der Waals surface area (Å²) in [6.45, 7) is 1.09. The van der Waals surface area contributed by atoms with Crippen LogP contribution in [0.2, 0.25) is 0 Å². The van der Waals surface area contributed by atoms with Crippen molar-refractivity contribution in [3.05, 3.63) is 78.1 Å². The number of amides is 1. The van der Waals surface area contributed by atoms with Gasteiger partial charge in [-0.1, -0.05) is 48.5 Å². The van der Waals surface area contributed by atoms with E-state index < -0.39 is 0 Å². The van der Waals surface area contributed by atoms with Crippen LogP contribution in [0.25, 0.3) is 10.8 Å². The van der Waals surface area contributed by atoms with E-state index in [0.717, 1.165) is 16.3 Å². The molecular formula is C25H24N2O4. The number of Topliss-reactive ketones (excluding diaryl/α,β-unsaturated/α-hetero) is 1. The number of pyridine rings is 1. The molecule has 5 rings (SSSR count). The highest BCUT2D eigenvalue weighted by molar-refractivity contribution is 6.09. The number of hydrogen-bond donors (Lipinski definition) is 0. The summed E-state index contributed by atoms with van der Waals surface area (Å²) in [6, 6.07) is 17.0. The first-order valence-corrected chi connectivity index (χ1v) is 10.6. The van der Waals surface area contributed by atoms with E-state index in [1.807, 2.05) is 54.6 Å². The van der Waals surface area contributed by atoms with Gasteiger partial charge in [-0.15, -0.1) is 0 Å². The van der Waals surface area contributed by atoms with E-state index in [1.165, 1.54) is 0 Å². The van der Waals surface area contributed by atoms with Crippen LogP contribution in [0.1, 0.15) is 28.8 Å². The third-order valence-electron chi connectivity index (χ3n) is 6.26. The number of aromatic nitrogens is 1. The van der Waals surface area contributed by atoms with Crippen molar-refractivity contribution in [2.75, 3.05) is 13.2 Å². The largest absolute Gasteiger partial charge is 0.445 e. The molecule has 2 aliphatic heterocycles. The normalized spacial score (nSPS) is 22.8. The number of fused-ring (bicyclic) bond motifs is 3. The Balaban J connectivity index is 1.31. The predicted molar refractivity (Wildman–Crippen MR) is 116 cm³/mol. The van der Waals surface area contributed by atoms with E-state index in [1.54, 1.807) is 17.3 Å². The number of rotatable bonds is 4. The number of carbonyl (C=O) groups excluding carboxylic acids is 2. The fourth-order valence-corrected chi connectivity index (χ4v) is 4.77. The number of benzene rings is 2. The molecule has 0 spiro atoms. The van der Waals surface area contributed by atoms with Crippen LogP contribution in [0.3, 0.4) is 0 Å². The van der Waals surface area contributed by atoms with Crippen molar-refractivity contribution in [1.29, 1.82) is 0 Å². The molecule has 0 N–H and O–H groups in total. The lowest BCUT2D eigenvalue weighted by Gasteiger charge is -2.47. The van der Waals surface area contributed by atoms with Gasteiger partial charge in [0.1, 0.15) is 6.61 Å². The molecule has 31 heavy (non-hydrogen) atoms. The summed E-state index contributed by atoms with van der Waals surface area (Å²) in [4.78, 5) is 32.3. The van der Waals surface area contributed by atoms with Gasteiger partial charge in [-0.25, -0.2) is 4.79 Å². The molecule has 2 atom stereocenters. The number of ketones is 1. The summed E-state index contributed by atoms with van der Waals surface area (Å²) in [5.74, 6) is -0.0318. The van der Waals surface area contributed by atoms with E-state index in [-0.39, 0.29) is 36.5 Å². The summed E-state index contributed by atoms with van der Waals surface area (Å²) < 4.78 is 11.3. The average Bonchev–Trinajstić information content (AvgIpc) is 2.81. The topological polar surface area (TPSA) is 68.7 Å². The van der Waals surface area contributed by atoms with E-state index in [0.29, 0.717) is 31.6 Å². The smallest absolute Gasteiger partial charge is 0.410 e. The molecule has 2 aromatic carbocycles. The lowest BCUT2D eigenvalue weighted by Crippen LogP contribution is -2.59. The SMILES string of the molecule is O=C(c1cccc2ccncc12)C1CC2COCC(C1)N2C(=O)OCc1ccccc1. The van der Waals surface area contributed by atoms with Crippen LogP contribution in [0.5, 0.6) is 0 Å². The maximum atomic E-state index is 13.4. The highest BCUT2D eigenvalue weighted by atomic mass is 16.6. The molecule has 0 saturated carbocycles.